The highest BCUT2D eigenvalue weighted by Crippen LogP contribution is 2.42. The number of phenols is 1. The van der Waals surface area contributed by atoms with Crippen LogP contribution in [-0.2, 0) is 4.79 Å². The largest absolute Gasteiger partial charge is 0.508 e. The molecule has 2 aromatic carbocycles. The van der Waals surface area contributed by atoms with Gasteiger partial charge in [-0.3, -0.25) is 9.59 Å². The number of aliphatic hydroxyl groups is 1. The lowest BCUT2D eigenvalue weighted by atomic mass is 9.87. The summed E-state index contributed by atoms with van der Waals surface area (Å²) < 4.78 is 16.4. The Bertz CT molecular complexity index is 1240. The highest BCUT2D eigenvalue weighted by Gasteiger charge is 2.31. The van der Waals surface area contributed by atoms with Crippen LogP contribution in [0.25, 0.3) is 11.0 Å². The minimum Gasteiger partial charge on any atom is -0.508 e. The molecule has 3 aromatic rings. The molecule has 1 amide bonds. The monoisotopic (exact) mass is 455 g/mol. The summed E-state index contributed by atoms with van der Waals surface area (Å²) in [6.07, 6.45) is 0.601. The van der Waals surface area contributed by atoms with Crippen LogP contribution in [0.4, 0.5) is 0 Å². The molecule has 0 bridgehead atoms. The average Bonchev–Trinajstić information content (AvgIpc) is 3.40. The minimum absolute atomic E-state index is 0.0265. The summed E-state index contributed by atoms with van der Waals surface area (Å²) in [4.78, 5) is 26.2. The van der Waals surface area contributed by atoms with Crippen molar-refractivity contribution in [1.82, 2.24) is 5.32 Å². The number of amides is 1. The van der Waals surface area contributed by atoms with Gasteiger partial charge in [-0.1, -0.05) is 12.1 Å². The molecule has 3 heterocycles. The molecule has 5 rings (SSSR count). The molecule has 0 spiro atoms. The number of aliphatic hydroxyl groups excluding tert-OH is 1. The summed E-state index contributed by atoms with van der Waals surface area (Å²) >= 11 is 1.56. The predicted molar refractivity (Wildman–Crippen MR) is 118 cm³/mol. The molecule has 3 N–H and O–H groups in total. The fourth-order valence-corrected chi connectivity index (χ4v) is 5.25. The van der Waals surface area contributed by atoms with Gasteiger partial charge >= 0.3 is 0 Å². The maximum atomic E-state index is 13.3. The van der Waals surface area contributed by atoms with E-state index in [9.17, 15) is 19.8 Å². The van der Waals surface area contributed by atoms with Crippen molar-refractivity contribution in [3.8, 4) is 17.2 Å². The van der Waals surface area contributed by atoms with Crippen LogP contribution in [0.1, 0.15) is 23.5 Å². The maximum absolute atomic E-state index is 13.3. The Labute approximate surface area is 187 Å². The van der Waals surface area contributed by atoms with Crippen molar-refractivity contribution in [3.05, 3.63) is 64.0 Å². The van der Waals surface area contributed by atoms with Crippen molar-refractivity contribution in [2.24, 2.45) is 0 Å². The van der Waals surface area contributed by atoms with Gasteiger partial charge < -0.3 is 29.4 Å². The molecule has 1 aromatic heterocycles. The first-order valence-electron chi connectivity index (χ1n) is 10.2. The number of benzene rings is 2. The summed E-state index contributed by atoms with van der Waals surface area (Å²) in [5, 5.41) is 24.0. The van der Waals surface area contributed by atoms with E-state index in [-0.39, 0.29) is 41.9 Å². The van der Waals surface area contributed by atoms with Crippen LogP contribution in [-0.4, -0.2) is 46.6 Å². The molecule has 32 heavy (non-hydrogen) atoms. The van der Waals surface area contributed by atoms with E-state index in [1.54, 1.807) is 42.1 Å². The van der Waals surface area contributed by atoms with Gasteiger partial charge in [-0.2, -0.15) is 11.8 Å². The zero-order valence-corrected chi connectivity index (χ0v) is 17.8. The number of carbonyl (C=O) groups excluding carboxylic acids is 1. The van der Waals surface area contributed by atoms with Gasteiger partial charge in [0.15, 0.2) is 16.9 Å². The van der Waals surface area contributed by atoms with Gasteiger partial charge in [0.25, 0.3) is 0 Å². The molecule has 0 aliphatic carbocycles. The van der Waals surface area contributed by atoms with E-state index < -0.39 is 12.0 Å². The summed E-state index contributed by atoms with van der Waals surface area (Å²) in [5.74, 6) is 0.747. The van der Waals surface area contributed by atoms with Crippen LogP contribution >= 0.6 is 11.8 Å². The topological polar surface area (TPSA) is 118 Å². The van der Waals surface area contributed by atoms with E-state index >= 15 is 0 Å². The quantitative estimate of drug-likeness (QED) is 0.537. The molecule has 0 saturated carbocycles. The van der Waals surface area contributed by atoms with Gasteiger partial charge in [0, 0.05) is 41.0 Å². The SMILES string of the molecule is O=C(C[C@H](c1cc2c(cc1O)OCO2)c1coc2ccccc2c1=O)N[C@@H]1CSC[C@@H]1O. The number of aromatic hydroxyl groups is 1. The van der Waals surface area contributed by atoms with Gasteiger partial charge in [-0.05, 0) is 18.2 Å². The average molecular weight is 455 g/mol. The number of fused-ring (bicyclic) bond motifs is 2. The van der Waals surface area contributed by atoms with E-state index in [0.29, 0.717) is 39.5 Å². The smallest absolute Gasteiger partial charge is 0.231 e. The molecule has 8 nitrogen and oxygen atoms in total. The highest BCUT2D eigenvalue weighted by molar-refractivity contribution is 7.99. The van der Waals surface area contributed by atoms with Crippen LogP contribution < -0.4 is 20.2 Å². The molecule has 9 heteroatoms. The number of rotatable bonds is 5. The molecule has 2 aliphatic heterocycles. The third kappa shape index (κ3) is 3.78. The highest BCUT2D eigenvalue weighted by atomic mass is 32.2. The van der Waals surface area contributed by atoms with Gasteiger partial charge in [0.05, 0.1) is 23.8 Å². The first kappa shape index (κ1) is 20.7. The minimum atomic E-state index is -0.795. The second kappa shape index (κ2) is 8.40. The third-order valence-corrected chi connectivity index (χ3v) is 6.94. The molecular weight excluding hydrogens is 434 g/mol. The molecule has 0 unspecified atom stereocenters. The van der Waals surface area contributed by atoms with E-state index in [0.717, 1.165) is 0 Å². The van der Waals surface area contributed by atoms with Gasteiger partial charge in [0.1, 0.15) is 11.3 Å². The van der Waals surface area contributed by atoms with Crippen molar-refractivity contribution in [2.75, 3.05) is 18.3 Å². The summed E-state index contributed by atoms with van der Waals surface area (Å²) in [6, 6.07) is 9.51. The van der Waals surface area contributed by atoms with Crippen LogP contribution in [0.15, 0.2) is 51.9 Å². The number of ether oxygens (including phenoxy) is 2. The Morgan fingerprint density at radius 3 is 2.72 bits per heavy atom. The van der Waals surface area contributed by atoms with Crippen LogP contribution in [0.2, 0.25) is 0 Å². The Morgan fingerprint density at radius 2 is 1.94 bits per heavy atom. The number of nitrogens with one attached hydrogen (secondary N) is 1. The summed E-state index contributed by atoms with van der Waals surface area (Å²) in [7, 11) is 0. The molecule has 1 saturated heterocycles. The zero-order valence-electron chi connectivity index (χ0n) is 16.9. The van der Waals surface area contributed by atoms with Crippen molar-refractivity contribution in [1.29, 1.82) is 0 Å². The van der Waals surface area contributed by atoms with Crippen LogP contribution in [0.3, 0.4) is 0 Å². The molecule has 1 fully saturated rings. The van der Waals surface area contributed by atoms with Crippen molar-refractivity contribution >= 4 is 28.6 Å². The Morgan fingerprint density at radius 1 is 1.16 bits per heavy atom. The summed E-state index contributed by atoms with van der Waals surface area (Å²) in [6.45, 7) is 0.0265. The van der Waals surface area contributed by atoms with E-state index in [1.165, 1.54) is 12.3 Å². The Kier molecular flexibility index (Phi) is 5.44. The Balaban J connectivity index is 1.56. The molecular formula is C23H21NO7S. The first-order chi connectivity index (χ1) is 15.5. The van der Waals surface area contributed by atoms with Crippen molar-refractivity contribution in [2.45, 2.75) is 24.5 Å². The first-order valence-corrected chi connectivity index (χ1v) is 11.3. The number of phenolic OH excluding ortho intramolecular Hbond substituents is 1. The number of para-hydroxylation sites is 1. The standard InChI is InChI=1S/C23H21NO7S/c25-17-7-21-20(30-11-31-21)5-14(17)13(6-22(27)24-16-9-32-10-18(16)26)15-8-29-19-4-2-1-3-12(19)23(15)28/h1-5,7-8,13,16,18,25-26H,6,9-11H2,(H,24,27)/t13-,16-,18+/m1/s1. The fraction of sp³-hybridized carbons (Fsp3) is 0.304. The number of hydrogen-bond acceptors (Lipinski definition) is 8. The number of thioether (sulfide) groups is 1. The lowest BCUT2D eigenvalue weighted by Gasteiger charge is -2.21. The molecule has 166 valence electrons. The van der Waals surface area contributed by atoms with Gasteiger partial charge in [-0.25, -0.2) is 0 Å². The van der Waals surface area contributed by atoms with E-state index in [2.05, 4.69) is 5.32 Å². The predicted octanol–water partition coefficient (Wildman–Crippen LogP) is 2.34. The lowest BCUT2D eigenvalue weighted by Crippen LogP contribution is -2.43. The van der Waals surface area contributed by atoms with Crippen molar-refractivity contribution < 1.29 is 28.9 Å². The number of carbonyl (C=O) groups is 1. The number of hydrogen-bond donors (Lipinski definition) is 3. The van der Waals surface area contributed by atoms with Gasteiger partial charge in [0.2, 0.25) is 12.7 Å². The Hall–Kier alpha value is -3.17. The third-order valence-electron chi connectivity index (χ3n) is 5.77. The summed E-state index contributed by atoms with van der Waals surface area (Å²) in [5.41, 5.74) is 0.756. The zero-order chi connectivity index (χ0) is 22.2. The molecule has 0 radical (unpaired) electrons. The van der Waals surface area contributed by atoms with Crippen LogP contribution in [0.5, 0.6) is 17.2 Å². The van der Waals surface area contributed by atoms with Gasteiger partial charge in [-0.15, -0.1) is 0 Å². The maximum Gasteiger partial charge on any atom is 0.231 e. The lowest BCUT2D eigenvalue weighted by molar-refractivity contribution is -0.122. The molecule has 3 atom stereocenters. The van der Waals surface area contributed by atoms with Crippen molar-refractivity contribution in [3.63, 3.8) is 0 Å². The van der Waals surface area contributed by atoms with E-state index in [1.807, 2.05) is 0 Å². The second-order valence-electron chi connectivity index (χ2n) is 7.82. The fourth-order valence-electron chi connectivity index (χ4n) is 4.08. The van der Waals surface area contributed by atoms with E-state index in [4.69, 9.17) is 13.9 Å². The van der Waals surface area contributed by atoms with Crippen LogP contribution in [0, 0.1) is 0 Å². The normalized spacial score (nSPS) is 20.4. The second-order valence-corrected chi connectivity index (χ2v) is 8.89. The molecule has 2 aliphatic rings.